The summed E-state index contributed by atoms with van der Waals surface area (Å²) in [5, 5.41) is 3.55. The van der Waals surface area contributed by atoms with Crippen molar-refractivity contribution in [2.75, 3.05) is 32.8 Å². The number of carbonyl (C=O) groups excluding carboxylic acids is 2. The fourth-order valence-electron chi connectivity index (χ4n) is 3.89. The third-order valence-corrected chi connectivity index (χ3v) is 5.97. The van der Waals surface area contributed by atoms with Gasteiger partial charge in [-0.3, -0.25) is 9.59 Å². The van der Waals surface area contributed by atoms with Crippen LogP contribution >= 0.6 is 11.6 Å². The number of aryl methyl sites for hydroxylation is 1. The third kappa shape index (κ3) is 5.47. The average molecular weight is 455 g/mol. The van der Waals surface area contributed by atoms with Crippen molar-refractivity contribution in [2.45, 2.75) is 25.8 Å². The summed E-state index contributed by atoms with van der Waals surface area (Å²) in [4.78, 5) is 31.7. The van der Waals surface area contributed by atoms with Crippen LogP contribution in [0.5, 0.6) is 0 Å². The molecule has 8 heteroatoms. The first-order valence-corrected chi connectivity index (χ1v) is 11.3. The lowest BCUT2D eigenvalue weighted by molar-refractivity contribution is -0.135. The highest BCUT2D eigenvalue weighted by molar-refractivity contribution is 6.31. The summed E-state index contributed by atoms with van der Waals surface area (Å²) in [5.74, 6) is 0.869. The number of carbonyl (C=O) groups is 2. The van der Waals surface area contributed by atoms with Gasteiger partial charge in [0.05, 0.1) is 30.7 Å². The number of aromatic nitrogens is 2. The van der Waals surface area contributed by atoms with Gasteiger partial charge in [0.15, 0.2) is 0 Å². The summed E-state index contributed by atoms with van der Waals surface area (Å²) in [6.45, 7) is 3.20. The lowest BCUT2D eigenvalue weighted by Crippen LogP contribution is -2.42. The number of benzene rings is 2. The summed E-state index contributed by atoms with van der Waals surface area (Å²) in [5.41, 5.74) is 2.64. The number of ether oxygens (including phenoxy) is 1. The first-order valence-electron chi connectivity index (χ1n) is 10.9. The molecule has 3 aromatic rings. The number of para-hydroxylation sites is 2. The minimum atomic E-state index is -0.0610. The Kier molecular flexibility index (Phi) is 7.39. The number of amides is 2. The summed E-state index contributed by atoms with van der Waals surface area (Å²) >= 11 is 6.13. The van der Waals surface area contributed by atoms with Crippen molar-refractivity contribution in [3.05, 3.63) is 64.9 Å². The molecular formula is C24H27ClN4O3. The lowest BCUT2D eigenvalue weighted by Gasteiger charge is -2.27. The Labute approximate surface area is 192 Å². The second kappa shape index (κ2) is 10.6. The number of hydrogen-bond donors (Lipinski definition) is 1. The number of nitrogens with zero attached hydrogens (tertiary/aromatic N) is 3. The zero-order valence-corrected chi connectivity index (χ0v) is 18.7. The molecule has 1 fully saturated rings. The number of hydrogen-bond acceptors (Lipinski definition) is 4. The fourth-order valence-corrected chi connectivity index (χ4v) is 4.09. The summed E-state index contributed by atoms with van der Waals surface area (Å²) in [7, 11) is 0. The van der Waals surface area contributed by atoms with Crippen LogP contribution in [0, 0.1) is 0 Å². The molecular weight excluding hydrogens is 428 g/mol. The minimum absolute atomic E-state index is 0.0610. The van der Waals surface area contributed by atoms with E-state index in [4.69, 9.17) is 21.3 Å². The predicted molar refractivity (Wildman–Crippen MR) is 124 cm³/mol. The second-order valence-electron chi connectivity index (χ2n) is 7.82. The Hall–Kier alpha value is -2.90. The van der Waals surface area contributed by atoms with E-state index in [9.17, 15) is 9.59 Å². The van der Waals surface area contributed by atoms with E-state index < -0.39 is 0 Å². The van der Waals surface area contributed by atoms with Crippen molar-refractivity contribution < 1.29 is 14.3 Å². The van der Waals surface area contributed by atoms with Crippen LogP contribution in [0.1, 0.15) is 17.8 Å². The summed E-state index contributed by atoms with van der Waals surface area (Å²) in [6.07, 6.45) is 1.65. The molecule has 2 amide bonds. The molecule has 0 atom stereocenters. The normalized spacial score (nSPS) is 14.0. The van der Waals surface area contributed by atoms with Gasteiger partial charge in [0.2, 0.25) is 11.8 Å². The second-order valence-corrected chi connectivity index (χ2v) is 8.22. The Morgan fingerprint density at radius 1 is 1.06 bits per heavy atom. The summed E-state index contributed by atoms with van der Waals surface area (Å²) < 4.78 is 7.35. The molecule has 2 heterocycles. The maximum absolute atomic E-state index is 12.8. The number of imidazole rings is 1. The first-order chi connectivity index (χ1) is 15.6. The molecule has 0 unspecified atom stereocenters. The van der Waals surface area contributed by atoms with E-state index in [1.54, 1.807) is 6.07 Å². The third-order valence-electron chi connectivity index (χ3n) is 5.60. The fraction of sp³-hybridized carbons (Fsp3) is 0.375. The Bertz CT molecular complexity index is 1090. The lowest BCUT2D eigenvalue weighted by atomic mass is 10.1. The zero-order valence-electron chi connectivity index (χ0n) is 17.9. The van der Waals surface area contributed by atoms with Gasteiger partial charge in [0.1, 0.15) is 12.4 Å². The van der Waals surface area contributed by atoms with Gasteiger partial charge in [0, 0.05) is 31.1 Å². The van der Waals surface area contributed by atoms with Gasteiger partial charge < -0.3 is 19.5 Å². The first kappa shape index (κ1) is 22.3. The molecule has 0 saturated carbocycles. The van der Waals surface area contributed by atoms with E-state index in [-0.39, 0.29) is 24.8 Å². The SMILES string of the molecule is O=C(Cc1ccccc1Cl)NCCCc1nc2ccccc2n1CC(=O)N1CCOCC1. The summed E-state index contributed by atoms with van der Waals surface area (Å²) in [6, 6.07) is 15.2. The number of morpholine rings is 1. The van der Waals surface area contributed by atoms with E-state index in [0.717, 1.165) is 28.8 Å². The molecule has 168 valence electrons. The van der Waals surface area contributed by atoms with Gasteiger partial charge in [0.25, 0.3) is 0 Å². The molecule has 4 rings (SSSR count). The van der Waals surface area contributed by atoms with Crippen LogP contribution in [0.2, 0.25) is 5.02 Å². The van der Waals surface area contributed by atoms with Gasteiger partial charge >= 0.3 is 0 Å². The molecule has 7 nitrogen and oxygen atoms in total. The Morgan fingerprint density at radius 2 is 1.81 bits per heavy atom. The molecule has 32 heavy (non-hydrogen) atoms. The number of halogens is 1. The van der Waals surface area contributed by atoms with Crippen molar-refractivity contribution in [1.29, 1.82) is 0 Å². The minimum Gasteiger partial charge on any atom is -0.378 e. The molecule has 0 bridgehead atoms. The maximum atomic E-state index is 12.8. The molecule has 0 radical (unpaired) electrons. The molecule has 1 aliphatic heterocycles. The van der Waals surface area contributed by atoms with Crippen LogP contribution in [0.15, 0.2) is 48.5 Å². The van der Waals surface area contributed by atoms with Crippen molar-refractivity contribution in [3.8, 4) is 0 Å². The van der Waals surface area contributed by atoms with E-state index >= 15 is 0 Å². The topological polar surface area (TPSA) is 76.5 Å². The smallest absolute Gasteiger partial charge is 0.242 e. The average Bonchev–Trinajstić information content (AvgIpc) is 3.16. The predicted octanol–water partition coefficient (Wildman–Crippen LogP) is 2.84. The van der Waals surface area contributed by atoms with Crippen molar-refractivity contribution in [2.24, 2.45) is 0 Å². The van der Waals surface area contributed by atoms with Crippen molar-refractivity contribution in [1.82, 2.24) is 19.8 Å². The highest BCUT2D eigenvalue weighted by Crippen LogP contribution is 2.18. The van der Waals surface area contributed by atoms with Crippen LogP contribution in [-0.2, 0) is 33.7 Å². The quantitative estimate of drug-likeness (QED) is 0.531. The van der Waals surface area contributed by atoms with Gasteiger partial charge in [-0.25, -0.2) is 4.98 Å². The van der Waals surface area contributed by atoms with Crippen LogP contribution in [0.4, 0.5) is 0 Å². The molecule has 0 aliphatic carbocycles. The molecule has 0 spiro atoms. The van der Waals surface area contributed by atoms with Gasteiger partial charge in [-0.2, -0.15) is 0 Å². The van der Waals surface area contributed by atoms with Crippen LogP contribution in [-0.4, -0.2) is 59.1 Å². The van der Waals surface area contributed by atoms with Gasteiger partial charge in [-0.15, -0.1) is 0 Å². The maximum Gasteiger partial charge on any atom is 0.242 e. The highest BCUT2D eigenvalue weighted by Gasteiger charge is 2.20. The molecule has 1 aliphatic rings. The van der Waals surface area contributed by atoms with Crippen LogP contribution < -0.4 is 5.32 Å². The Balaban J connectivity index is 1.36. The van der Waals surface area contributed by atoms with E-state index in [1.807, 2.05) is 51.9 Å². The number of nitrogens with one attached hydrogen (secondary N) is 1. The monoisotopic (exact) mass is 454 g/mol. The van der Waals surface area contributed by atoms with Crippen molar-refractivity contribution in [3.63, 3.8) is 0 Å². The van der Waals surface area contributed by atoms with Gasteiger partial charge in [-0.05, 0) is 30.2 Å². The van der Waals surface area contributed by atoms with E-state index in [2.05, 4.69) is 5.32 Å². The standard InChI is InChI=1S/C24H27ClN4O3/c25-19-7-2-1-6-18(19)16-23(30)26-11-5-10-22-27-20-8-3-4-9-21(20)29(22)17-24(31)28-12-14-32-15-13-28/h1-4,6-9H,5,10-17H2,(H,26,30). The largest absolute Gasteiger partial charge is 0.378 e. The zero-order chi connectivity index (χ0) is 22.3. The van der Waals surface area contributed by atoms with Crippen LogP contribution in [0.25, 0.3) is 11.0 Å². The molecule has 1 aromatic heterocycles. The highest BCUT2D eigenvalue weighted by atomic mass is 35.5. The van der Waals surface area contributed by atoms with E-state index in [0.29, 0.717) is 44.3 Å². The molecule has 1 saturated heterocycles. The number of rotatable bonds is 8. The Morgan fingerprint density at radius 3 is 2.62 bits per heavy atom. The molecule has 1 N–H and O–H groups in total. The van der Waals surface area contributed by atoms with Gasteiger partial charge in [-0.1, -0.05) is 41.9 Å². The number of fused-ring (bicyclic) bond motifs is 1. The molecule has 2 aromatic carbocycles. The van der Waals surface area contributed by atoms with Crippen LogP contribution in [0.3, 0.4) is 0 Å². The van der Waals surface area contributed by atoms with Crippen molar-refractivity contribution >= 4 is 34.4 Å². The van der Waals surface area contributed by atoms with E-state index in [1.165, 1.54) is 0 Å².